The number of H-pyrrole nitrogens is 1. The molecule has 0 bridgehead atoms. The van der Waals surface area contributed by atoms with Crippen LogP contribution in [0.1, 0.15) is 36.7 Å². The Morgan fingerprint density at radius 3 is 2.70 bits per heavy atom. The van der Waals surface area contributed by atoms with Crippen LogP contribution in [0.15, 0.2) is 42.6 Å². The van der Waals surface area contributed by atoms with Crippen molar-refractivity contribution in [3.05, 3.63) is 48.3 Å². The number of carbonyl (C=O) groups is 1. The van der Waals surface area contributed by atoms with Crippen LogP contribution in [0.2, 0.25) is 0 Å². The summed E-state index contributed by atoms with van der Waals surface area (Å²) in [6.45, 7) is 2.09. The molecule has 0 fully saturated rings. The normalized spacial score (nSPS) is 10.9. The number of ketones is 1. The molecule has 0 atom stereocenters. The number of Topliss-reactive ketones (excluding diaryl/α,β-unsaturated/α-hetero) is 1. The Kier molecular flexibility index (Phi) is 4.42. The highest BCUT2D eigenvalue weighted by atomic mass is 16.5. The number of carbonyl (C=O) groups excluding carboxylic acids is 1. The third-order valence-electron chi connectivity index (χ3n) is 3.96. The molecule has 0 spiro atoms. The van der Waals surface area contributed by atoms with Crippen LogP contribution in [0.4, 0.5) is 0 Å². The van der Waals surface area contributed by atoms with E-state index in [0.29, 0.717) is 18.0 Å². The van der Waals surface area contributed by atoms with Crippen LogP contribution in [0, 0.1) is 0 Å². The summed E-state index contributed by atoms with van der Waals surface area (Å²) in [7, 11) is 1.60. The predicted molar refractivity (Wildman–Crippen MR) is 91.9 cm³/mol. The first-order valence-corrected chi connectivity index (χ1v) is 7.87. The number of rotatable bonds is 6. The number of fused-ring (bicyclic) bond motifs is 1. The first kappa shape index (κ1) is 15.3. The topological polar surface area (TPSA) is 55.0 Å². The SMILES string of the molecule is CCCCC(=O)c1cc2cc(-c3ccc(OC)nc3)ccc2[nH]1. The number of ether oxygens (including phenoxy) is 1. The van der Waals surface area contributed by atoms with E-state index >= 15 is 0 Å². The van der Waals surface area contributed by atoms with Gasteiger partial charge in [-0.1, -0.05) is 19.4 Å². The van der Waals surface area contributed by atoms with Crippen molar-refractivity contribution in [2.24, 2.45) is 0 Å². The molecule has 1 aromatic carbocycles. The first-order chi connectivity index (χ1) is 11.2. The van der Waals surface area contributed by atoms with Crippen LogP contribution >= 0.6 is 0 Å². The quantitative estimate of drug-likeness (QED) is 0.676. The minimum atomic E-state index is 0.177. The average Bonchev–Trinajstić information content (AvgIpc) is 3.03. The van der Waals surface area contributed by atoms with E-state index in [4.69, 9.17) is 4.74 Å². The lowest BCUT2D eigenvalue weighted by molar-refractivity contribution is 0.0976. The zero-order valence-electron chi connectivity index (χ0n) is 13.4. The Morgan fingerprint density at radius 1 is 1.17 bits per heavy atom. The van der Waals surface area contributed by atoms with E-state index in [1.54, 1.807) is 13.3 Å². The van der Waals surface area contributed by atoms with Crippen molar-refractivity contribution in [1.29, 1.82) is 0 Å². The zero-order valence-corrected chi connectivity index (χ0v) is 13.4. The van der Waals surface area contributed by atoms with Gasteiger partial charge in [-0.15, -0.1) is 0 Å². The van der Waals surface area contributed by atoms with E-state index < -0.39 is 0 Å². The number of hydrogen-bond acceptors (Lipinski definition) is 3. The minimum Gasteiger partial charge on any atom is -0.481 e. The molecule has 2 aromatic heterocycles. The molecule has 0 unspecified atom stereocenters. The fourth-order valence-electron chi connectivity index (χ4n) is 2.61. The first-order valence-electron chi connectivity index (χ1n) is 7.87. The molecule has 0 aliphatic carbocycles. The van der Waals surface area contributed by atoms with Gasteiger partial charge in [-0.25, -0.2) is 4.98 Å². The summed E-state index contributed by atoms with van der Waals surface area (Å²) in [6, 6.07) is 11.9. The van der Waals surface area contributed by atoms with Crippen molar-refractivity contribution in [2.75, 3.05) is 7.11 Å². The standard InChI is InChI=1S/C19H20N2O2/c1-3-4-5-18(22)17-11-15-10-13(6-8-16(15)21-17)14-7-9-19(23-2)20-12-14/h6-12,21H,3-5H2,1-2H3. The van der Waals surface area contributed by atoms with Gasteiger partial charge < -0.3 is 9.72 Å². The lowest BCUT2D eigenvalue weighted by Gasteiger charge is -2.03. The number of hydrogen-bond donors (Lipinski definition) is 1. The molecular weight excluding hydrogens is 288 g/mol. The second-order valence-corrected chi connectivity index (χ2v) is 5.60. The molecule has 2 heterocycles. The van der Waals surface area contributed by atoms with Crippen LogP contribution < -0.4 is 4.74 Å². The maximum atomic E-state index is 12.1. The lowest BCUT2D eigenvalue weighted by Crippen LogP contribution is -1.98. The largest absolute Gasteiger partial charge is 0.481 e. The van der Waals surface area contributed by atoms with Gasteiger partial charge in [0.05, 0.1) is 12.8 Å². The summed E-state index contributed by atoms with van der Waals surface area (Å²) >= 11 is 0. The molecule has 1 N–H and O–H groups in total. The molecule has 3 aromatic rings. The predicted octanol–water partition coefficient (Wildman–Crippen LogP) is 4.61. The third kappa shape index (κ3) is 3.26. The van der Waals surface area contributed by atoms with Gasteiger partial charge in [0, 0.05) is 35.2 Å². The van der Waals surface area contributed by atoms with Crippen LogP contribution in [0.3, 0.4) is 0 Å². The number of nitrogens with zero attached hydrogens (tertiary/aromatic N) is 1. The third-order valence-corrected chi connectivity index (χ3v) is 3.96. The molecule has 0 radical (unpaired) electrons. The van der Waals surface area contributed by atoms with Gasteiger partial charge in [0.15, 0.2) is 5.78 Å². The Labute approximate surface area is 135 Å². The van der Waals surface area contributed by atoms with E-state index in [1.807, 2.05) is 30.3 Å². The molecule has 4 nitrogen and oxygen atoms in total. The molecule has 0 amide bonds. The highest BCUT2D eigenvalue weighted by molar-refractivity contribution is 6.00. The Hall–Kier alpha value is -2.62. The number of aromatic nitrogens is 2. The van der Waals surface area contributed by atoms with Gasteiger partial charge in [-0.05, 0) is 36.2 Å². The summed E-state index contributed by atoms with van der Waals surface area (Å²) in [5.74, 6) is 0.774. The maximum absolute atomic E-state index is 12.1. The molecule has 0 saturated carbocycles. The van der Waals surface area contributed by atoms with Gasteiger partial charge in [0.25, 0.3) is 0 Å². The lowest BCUT2D eigenvalue weighted by atomic mass is 10.1. The van der Waals surface area contributed by atoms with Crippen LogP contribution in [-0.2, 0) is 0 Å². The van der Waals surface area contributed by atoms with Gasteiger partial charge in [-0.2, -0.15) is 0 Å². The van der Waals surface area contributed by atoms with Crippen LogP contribution in [0.25, 0.3) is 22.0 Å². The fraction of sp³-hybridized carbons (Fsp3) is 0.263. The van der Waals surface area contributed by atoms with Crippen molar-refractivity contribution in [2.45, 2.75) is 26.2 Å². The van der Waals surface area contributed by atoms with Gasteiger partial charge in [0.1, 0.15) is 0 Å². The summed E-state index contributed by atoms with van der Waals surface area (Å²) in [5.41, 5.74) is 3.76. The molecule has 0 saturated heterocycles. The van der Waals surface area contributed by atoms with Crippen molar-refractivity contribution < 1.29 is 9.53 Å². The Bertz CT molecular complexity index is 819. The van der Waals surface area contributed by atoms with Crippen LogP contribution in [-0.4, -0.2) is 22.9 Å². The fourth-order valence-corrected chi connectivity index (χ4v) is 2.61. The van der Waals surface area contributed by atoms with E-state index in [0.717, 1.165) is 34.9 Å². The molecule has 118 valence electrons. The number of benzene rings is 1. The van der Waals surface area contributed by atoms with E-state index in [9.17, 15) is 4.79 Å². The number of nitrogens with one attached hydrogen (secondary N) is 1. The summed E-state index contributed by atoms with van der Waals surface area (Å²) < 4.78 is 5.08. The number of aromatic amines is 1. The van der Waals surface area contributed by atoms with E-state index in [1.165, 1.54) is 0 Å². The molecule has 3 rings (SSSR count). The summed E-state index contributed by atoms with van der Waals surface area (Å²) in [6.07, 6.45) is 4.34. The summed E-state index contributed by atoms with van der Waals surface area (Å²) in [4.78, 5) is 19.6. The van der Waals surface area contributed by atoms with Crippen LogP contribution in [0.5, 0.6) is 5.88 Å². The molecule has 4 heteroatoms. The van der Waals surface area contributed by atoms with Crippen molar-refractivity contribution in [3.8, 4) is 17.0 Å². The highest BCUT2D eigenvalue weighted by Gasteiger charge is 2.10. The molecule has 23 heavy (non-hydrogen) atoms. The number of methoxy groups -OCH3 is 1. The molecular formula is C19H20N2O2. The number of unbranched alkanes of at least 4 members (excludes halogenated alkanes) is 1. The van der Waals surface area contributed by atoms with Gasteiger partial charge in [0.2, 0.25) is 5.88 Å². The Balaban J connectivity index is 1.90. The second kappa shape index (κ2) is 6.65. The zero-order chi connectivity index (χ0) is 16.2. The van der Waals surface area contributed by atoms with Crippen molar-refractivity contribution in [1.82, 2.24) is 9.97 Å². The van der Waals surface area contributed by atoms with Crippen molar-refractivity contribution in [3.63, 3.8) is 0 Å². The molecule has 0 aliphatic heterocycles. The average molecular weight is 308 g/mol. The number of pyridine rings is 1. The Morgan fingerprint density at radius 2 is 2.00 bits per heavy atom. The smallest absolute Gasteiger partial charge is 0.212 e. The molecule has 0 aliphatic rings. The van der Waals surface area contributed by atoms with E-state index in [2.05, 4.69) is 23.0 Å². The van der Waals surface area contributed by atoms with E-state index in [-0.39, 0.29) is 5.78 Å². The van der Waals surface area contributed by atoms with Crippen molar-refractivity contribution >= 4 is 16.7 Å². The maximum Gasteiger partial charge on any atom is 0.212 e. The minimum absolute atomic E-state index is 0.177. The second-order valence-electron chi connectivity index (χ2n) is 5.60. The monoisotopic (exact) mass is 308 g/mol. The summed E-state index contributed by atoms with van der Waals surface area (Å²) in [5, 5.41) is 1.04. The van der Waals surface area contributed by atoms with Gasteiger partial charge >= 0.3 is 0 Å². The highest BCUT2D eigenvalue weighted by Crippen LogP contribution is 2.26. The van der Waals surface area contributed by atoms with Gasteiger partial charge in [-0.3, -0.25) is 4.79 Å².